The van der Waals surface area contributed by atoms with Gasteiger partial charge in [-0.05, 0) is 26.0 Å². The van der Waals surface area contributed by atoms with Gasteiger partial charge in [-0.25, -0.2) is 19.3 Å². The molecule has 6 nitrogen and oxygen atoms in total. The summed E-state index contributed by atoms with van der Waals surface area (Å²) in [4.78, 5) is 12.4. The first kappa shape index (κ1) is 12.5. The molecule has 2 aromatic heterocycles. The van der Waals surface area contributed by atoms with Crippen molar-refractivity contribution in [1.82, 2.24) is 25.1 Å². The summed E-state index contributed by atoms with van der Waals surface area (Å²) in [6.45, 7) is 3.71. The highest BCUT2D eigenvalue weighted by atomic mass is 19.1. The summed E-state index contributed by atoms with van der Waals surface area (Å²) in [5.41, 5.74) is 0.556. The highest BCUT2D eigenvalue weighted by molar-refractivity contribution is 5.89. The molecule has 0 saturated carbocycles. The predicted molar refractivity (Wildman–Crippen MR) is 72.7 cm³/mol. The number of H-pyrrole nitrogens is 1. The van der Waals surface area contributed by atoms with E-state index < -0.39 is 0 Å². The molecule has 3 rings (SSSR count). The van der Waals surface area contributed by atoms with Gasteiger partial charge in [0.15, 0.2) is 5.82 Å². The van der Waals surface area contributed by atoms with Crippen molar-refractivity contribution in [3.05, 3.63) is 42.0 Å². The van der Waals surface area contributed by atoms with Crippen molar-refractivity contribution in [2.45, 2.75) is 19.9 Å². The van der Waals surface area contributed by atoms with Crippen LogP contribution in [0.4, 0.5) is 10.2 Å². The van der Waals surface area contributed by atoms with Gasteiger partial charge in [-0.15, -0.1) is 0 Å². The fraction of sp³-hybridized carbons (Fsp3) is 0.231. The van der Waals surface area contributed by atoms with E-state index in [4.69, 9.17) is 0 Å². The highest BCUT2D eigenvalue weighted by Crippen LogP contribution is 2.25. The van der Waals surface area contributed by atoms with Crippen LogP contribution in [-0.2, 0) is 0 Å². The molecule has 1 aromatic carbocycles. The number of aromatic amines is 1. The Morgan fingerprint density at radius 1 is 1.30 bits per heavy atom. The number of rotatable bonds is 3. The van der Waals surface area contributed by atoms with Crippen LogP contribution < -0.4 is 5.32 Å². The van der Waals surface area contributed by atoms with Crippen LogP contribution in [0.3, 0.4) is 0 Å². The average molecular weight is 272 g/mol. The Morgan fingerprint density at radius 2 is 2.15 bits per heavy atom. The zero-order valence-corrected chi connectivity index (χ0v) is 11.1. The van der Waals surface area contributed by atoms with Crippen LogP contribution in [0.2, 0.25) is 0 Å². The van der Waals surface area contributed by atoms with Gasteiger partial charge in [-0.1, -0.05) is 6.07 Å². The summed E-state index contributed by atoms with van der Waals surface area (Å²) in [6, 6.07) is 4.56. The molecule has 0 saturated heterocycles. The minimum Gasteiger partial charge on any atom is -0.360 e. The normalized spacial score (nSPS) is 12.6. The number of nitrogens with zero attached hydrogens (tertiary/aromatic N) is 4. The standard InChI is InChI=1S/C13H13FN6/c1-7(12-18-8(2)19-20-12)17-13-11-9(14)4-3-5-10(11)15-6-16-13/h3-7H,1-2H3,(H,15,16,17)(H,18,19,20). The number of hydrogen-bond acceptors (Lipinski definition) is 5. The molecule has 0 bridgehead atoms. The third-order valence-electron chi connectivity index (χ3n) is 2.97. The number of anilines is 1. The Morgan fingerprint density at radius 3 is 2.90 bits per heavy atom. The lowest BCUT2D eigenvalue weighted by molar-refractivity contribution is 0.639. The molecule has 0 aliphatic rings. The quantitative estimate of drug-likeness (QED) is 0.765. The molecule has 7 heteroatoms. The number of aromatic nitrogens is 5. The van der Waals surface area contributed by atoms with Gasteiger partial charge < -0.3 is 5.32 Å². The van der Waals surface area contributed by atoms with Gasteiger partial charge in [-0.3, -0.25) is 5.10 Å². The average Bonchev–Trinajstić information content (AvgIpc) is 2.86. The Hall–Kier alpha value is -2.57. The molecule has 20 heavy (non-hydrogen) atoms. The Balaban J connectivity index is 1.99. The third kappa shape index (κ3) is 2.18. The molecular weight excluding hydrogens is 259 g/mol. The van der Waals surface area contributed by atoms with Crippen LogP contribution in [0.1, 0.15) is 24.6 Å². The molecule has 0 amide bonds. The number of benzene rings is 1. The molecule has 0 spiro atoms. The fourth-order valence-electron chi connectivity index (χ4n) is 2.00. The summed E-state index contributed by atoms with van der Waals surface area (Å²) in [5.74, 6) is 1.41. The lowest BCUT2D eigenvalue weighted by atomic mass is 10.2. The van der Waals surface area contributed by atoms with Gasteiger partial charge >= 0.3 is 0 Å². The van der Waals surface area contributed by atoms with Crippen LogP contribution >= 0.6 is 0 Å². The van der Waals surface area contributed by atoms with Gasteiger partial charge in [0.05, 0.1) is 16.9 Å². The number of aryl methyl sites for hydroxylation is 1. The van der Waals surface area contributed by atoms with Crippen molar-refractivity contribution in [3.63, 3.8) is 0 Å². The van der Waals surface area contributed by atoms with E-state index >= 15 is 0 Å². The van der Waals surface area contributed by atoms with Gasteiger partial charge in [0.2, 0.25) is 0 Å². The van der Waals surface area contributed by atoms with Crippen LogP contribution in [0, 0.1) is 12.7 Å². The lowest BCUT2D eigenvalue weighted by Gasteiger charge is -2.13. The van der Waals surface area contributed by atoms with Crippen molar-refractivity contribution in [1.29, 1.82) is 0 Å². The molecule has 1 atom stereocenters. The lowest BCUT2D eigenvalue weighted by Crippen LogP contribution is -2.10. The summed E-state index contributed by atoms with van der Waals surface area (Å²) < 4.78 is 13.9. The van der Waals surface area contributed by atoms with Crippen molar-refractivity contribution in [3.8, 4) is 0 Å². The molecule has 0 aliphatic carbocycles. The van der Waals surface area contributed by atoms with Gasteiger partial charge in [0, 0.05) is 0 Å². The minimum absolute atomic E-state index is 0.197. The van der Waals surface area contributed by atoms with Crippen LogP contribution in [0.15, 0.2) is 24.5 Å². The maximum Gasteiger partial charge on any atom is 0.172 e. The maximum atomic E-state index is 13.9. The third-order valence-corrected chi connectivity index (χ3v) is 2.97. The topological polar surface area (TPSA) is 79.4 Å². The van der Waals surface area contributed by atoms with E-state index in [9.17, 15) is 4.39 Å². The van der Waals surface area contributed by atoms with E-state index in [1.807, 2.05) is 13.8 Å². The van der Waals surface area contributed by atoms with E-state index in [2.05, 4.69) is 30.5 Å². The van der Waals surface area contributed by atoms with E-state index in [-0.39, 0.29) is 11.9 Å². The summed E-state index contributed by atoms with van der Waals surface area (Å²) in [7, 11) is 0. The van der Waals surface area contributed by atoms with E-state index in [0.717, 1.165) is 5.82 Å². The van der Waals surface area contributed by atoms with E-state index in [1.54, 1.807) is 12.1 Å². The number of fused-ring (bicyclic) bond motifs is 1. The number of nitrogens with one attached hydrogen (secondary N) is 2. The van der Waals surface area contributed by atoms with Crippen molar-refractivity contribution in [2.24, 2.45) is 0 Å². The second-order valence-corrected chi connectivity index (χ2v) is 4.50. The summed E-state index contributed by atoms with van der Waals surface area (Å²) in [6.07, 6.45) is 1.40. The molecule has 0 aliphatic heterocycles. The molecule has 1 unspecified atom stereocenters. The largest absolute Gasteiger partial charge is 0.360 e. The summed E-state index contributed by atoms with van der Waals surface area (Å²) in [5, 5.41) is 10.3. The monoisotopic (exact) mass is 272 g/mol. The van der Waals surface area contributed by atoms with Gasteiger partial charge in [0.25, 0.3) is 0 Å². The maximum absolute atomic E-state index is 13.9. The van der Waals surface area contributed by atoms with Crippen molar-refractivity contribution in [2.75, 3.05) is 5.32 Å². The number of hydrogen-bond donors (Lipinski definition) is 2. The smallest absolute Gasteiger partial charge is 0.172 e. The van der Waals surface area contributed by atoms with Crippen molar-refractivity contribution < 1.29 is 4.39 Å². The van der Waals surface area contributed by atoms with Crippen LogP contribution in [0.5, 0.6) is 0 Å². The predicted octanol–water partition coefficient (Wildman–Crippen LogP) is 2.37. The Bertz CT molecular complexity index is 748. The minimum atomic E-state index is -0.357. The van der Waals surface area contributed by atoms with Crippen LogP contribution in [-0.4, -0.2) is 25.1 Å². The fourth-order valence-corrected chi connectivity index (χ4v) is 2.00. The highest BCUT2D eigenvalue weighted by Gasteiger charge is 2.14. The zero-order valence-electron chi connectivity index (χ0n) is 11.1. The summed E-state index contributed by atoms with van der Waals surface area (Å²) >= 11 is 0. The van der Waals surface area contributed by atoms with E-state index in [0.29, 0.717) is 22.5 Å². The Kier molecular flexibility index (Phi) is 3.02. The molecule has 3 aromatic rings. The van der Waals surface area contributed by atoms with Crippen molar-refractivity contribution >= 4 is 16.7 Å². The molecule has 0 radical (unpaired) electrons. The van der Waals surface area contributed by atoms with Gasteiger partial charge in [0.1, 0.15) is 23.8 Å². The van der Waals surface area contributed by atoms with Crippen LogP contribution in [0.25, 0.3) is 10.9 Å². The van der Waals surface area contributed by atoms with E-state index in [1.165, 1.54) is 12.4 Å². The molecular formula is C13H13FN6. The SMILES string of the molecule is Cc1nc(C(C)Nc2ncnc3cccc(F)c23)n[nH]1. The Labute approximate surface area is 114 Å². The first-order chi connectivity index (χ1) is 9.65. The molecule has 102 valence electrons. The first-order valence-corrected chi connectivity index (χ1v) is 6.20. The molecule has 2 heterocycles. The number of halogens is 1. The molecule has 0 fully saturated rings. The second-order valence-electron chi connectivity index (χ2n) is 4.50. The first-order valence-electron chi connectivity index (χ1n) is 6.20. The zero-order chi connectivity index (χ0) is 14.1. The second kappa shape index (κ2) is 4.84. The molecule has 2 N–H and O–H groups in total. The van der Waals surface area contributed by atoms with Gasteiger partial charge in [-0.2, -0.15) is 5.10 Å².